The predicted octanol–water partition coefficient (Wildman–Crippen LogP) is 2.54. The van der Waals surface area contributed by atoms with Gasteiger partial charge in [0.1, 0.15) is 0 Å². The van der Waals surface area contributed by atoms with Gasteiger partial charge in [0.25, 0.3) is 0 Å². The Morgan fingerprint density at radius 1 is 1.17 bits per heavy atom. The standard InChI is InChI=1S/C18H21NO5/c1-10(2)19-11(3)13(5-7-16(20)21)18(24)14-8-12(9-17(22)23)4-6-15(14)19/h4,6,8,10H,5,7,9H2,1-3H3,(H,20,21)(H,22,23). The van der Waals surface area contributed by atoms with Crippen LogP contribution in [0.5, 0.6) is 0 Å². The van der Waals surface area contributed by atoms with Crippen LogP contribution in [0.2, 0.25) is 0 Å². The maximum absolute atomic E-state index is 12.8. The Morgan fingerprint density at radius 3 is 2.38 bits per heavy atom. The van der Waals surface area contributed by atoms with Crippen molar-refractivity contribution in [2.24, 2.45) is 0 Å². The first-order chi connectivity index (χ1) is 11.2. The van der Waals surface area contributed by atoms with E-state index in [1.165, 1.54) is 0 Å². The molecule has 6 nitrogen and oxygen atoms in total. The number of benzene rings is 1. The van der Waals surface area contributed by atoms with Gasteiger partial charge in [-0.15, -0.1) is 0 Å². The summed E-state index contributed by atoms with van der Waals surface area (Å²) in [6, 6.07) is 5.17. The van der Waals surface area contributed by atoms with Crippen molar-refractivity contribution in [3.63, 3.8) is 0 Å². The molecule has 0 bridgehead atoms. The number of carboxylic acids is 2. The zero-order valence-electron chi connectivity index (χ0n) is 14.0. The van der Waals surface area contributed by atoms with E-state index in [1.807, 2.05) is 25.3 Å². The lowest BCUT2D eigenvalue weighted by molar-refractivity contribution is -0.137. The van der Waals surface area contributed by atoms with E-state index in [1.54, 1.807) is 18.2 Å². The Kier molecular flexibility index (Phi) is 5.07. The van der Waals surface area contributed by atoms with Gasteiger partial charge in [0.2, 0.25) is 0 Å². The van der Waals surface area contributed by atoms with Crippen molar-refractivity contribution in [2.45, 2.75) is 46.1 Å². The van der Waals surface area contributed by atoms with Crippen LogP contribution in [0.3, 0.4) is 0 Å². The van der Waals surface area contributed by atoms with E-state index in [2.05, 4.69) is 0 Å². The van der Waals surface area contributed by atoms with E-state index < -0.39 is 11.9 Å². The van der Waals surface area contributed by atoms with Gasteiger partial charge in [0, 0.05) is 29.1 Å². The topological polar surface area (TPSA) is 96.6 Å². The number of carbonyl (C=O) groups is 2. The molecule has 1 aromatic carbocycles. The molecular weight excluding hydrogens is 310 g/mol. The van der Waals surface area contributed by atoms with E-state index in [4.69, 9.17) is 10.2 Å². The molecular formula is C18H21NO5. The van der Waals surface area contributed by atoms with Crippen LogP contribution in [0.25, 0.3) is 10.9 Å². The molecule has 1 heterocycles. The van der Waals surface area contributed by atoms with Crippen molar-refractivity contribution < 1.29 is 19.8 Å². The smallest absolute Gasteiger partial charge is 0.307 e. The van der Waals surface area contributed by atoms with Gasteiger partial charge >= 0.3 is 11.9 Å². The van der Waals surface area contributed by atoms with E-state index in [0.29, 0.717) is 16.5 Å². The highest BCUT2D eigenvalue weighted by molar-refractivity contribution is 5.83. The quantitative estimate of drug-likeness (QED) is 0.848. The van der Waals surface area contributed by atoms with Crippen LogP contribution in [-0.2, 0) is 22.4 Å². The molecule has 6 heteroatoms. The summed E-state index contributed by atoms with van der Waals surface area (Å²) in [5.74, 6) is -1.92. The van der Waals surface area contributed by atoms with Gasteiger partial charge in [-0.05, 0) is 44.9 Å². The maximum atomic E-state index is 12.8. The average Bonchev–Trinajstić information content (AvgIpc) is 2.46. The van der Waals surface area contributed by atoms with Crippen molar-refractivity contribution >= 4 is 22.8 Å². The Bertz CT molecular complexity index is 864. The van der Waals surface area contributed by atoms with Gasteiger partial charge in [-0.3, -0.25) is 14.4 Å². The van der Waals surface area contributed by atoms with Gasteiger partial charge in [0.05, 0.1) is 11.9 Å². The van der Waals surface area contributed by atoms with Crippen LogP contribution in [0.1, 0.15) is 43.1 Å². The van der Waals surface area contributed by atoms with Crippen molar-refractivity contribution in [1.29, 1.82) is 0 Å². The molecule has 2 aromatic rings. The number of hydrogen-bond acceptors (Lipinski definition) is 3. The van der Waals surface area contributed by atoms with Crippen LogP contribution in [0.15, 0.2) is 23.0 Å². The van der Waals surface area contributed by atoms with E-state index in [9.17, 15) is 14.4 Å². The van der Waals surface area contributed by atoms with Gasteiger partial charge in [0.15, 0.2) is 5.43 Å². The Labute approximate surface area is 139 Å². The molecule has 0 saturated heterocycles. The summed E-state index contributed by atoms with van der Waals surface area (Å²) in [7, 11) is 0. The van der Waals surface area contributed by atoms with Crippen molar-refractivity contribution in [3.05, 3.63) is 45.2 Å². The maximum Gasteiger partial charge on any atom is 0.307 e. The molecule has 0 saturated carbocycles. The summed E-state index contributed by atoms with van der Waals surface area (Å²) in [6.45, 7) is 5.80. The number of rotatable bonds is 6. The van der Waals surface area contributed by atoms with Crippen LogP contribution >= 0.6 is 0 Å². The number of fused-ring (bicyclic) bond motifs is 1. The molecule has 0 aliphatic rings. The van der Waals surface area contributed by atoms with E-state index >= 15 is 0 Å². The van der Waals surface area contributed by atoms with E-state index in [0.717, 1.165) is 11.2 Å². The summed E-state index contributed by atoms with van der Waals surface area (Å²) >= 11 is 0. The number of nitrogens with zero attached hydrogens (tertiary/aromatic N) is 1. The Balaban J connectivity index is 2.75. The third-order valence-corrected chi connectivity index (χ3v) is 4.10. The van der Waals surface area contributed by atoms with Gasteiger partial charge in [-0.1, -0.05) is 6.07 Å². The minimum absolute atomic E-state index is 0.0852. The molecule has 128 valence electrons. The molecule has 0 aliphatic carbocycles. The lowest BCUT2D eigenvalue weighted by Gasteiger charge is -2.21. The number of pyridine rings is 1. The zero-order valence-corrected chi connectivity index (χ0v) is 14.0. The molecule has 2 rings (SSSR count). The molecule has 0 spiro atoms. The number of aliphatic carboxylic acids is 2. The highest BCUT2D eigenvalue weighted by Crippen LogP contribution is 2.23. The SMILES string of the molecule is Cc1c(CCC(=O)O)c(=O)c2cc(CC(=O)O)ccc2n1C(C)C. The molecule has 0 aliphatic heterocycles. The molecule has 0 radical (unpaired) electrons. The molecule has 24 heavy (non-hydrogen) atoms. The minimum Gasteiger partial charge on any atom is -0.481 e. The van der Waals surface area contributed by atoms with Crippen molar-refractivity contribution in [1.82, 2.24) is 4.57 Å². The summed E-state index contributed by atoms with van der Waals surface area (Å²) in [6.07, 6.45) is -0.115. The third kappa shape index (κ3) is 3.48. The number of aromatic nitrogens is 1. The lowest BCUT2D eigenvalue weighted by Crippen LogP contribution is -2.21. The zero-order chi connectivity index (χ0) is 18.0. The van der Waals surface area contributed by atoms with Crippen LogP contribution < -0.4 is 5.43 Å². The summed E-state index contributed by atoms with van der Waals surface area (Å²) in [5, 5.41) is 18.3. The van der Waals surface area contributed by atoms with Crippen LogP contribution in [0.4, 0.5) is 0 Å². The highest BCUT2D eigenvalue weighted by Gasteiger charge is 2.17. The van der Waals surface area contributed by atoms with Gasteiger partial charge < -0.3 is 14.8 Å². The molecule has 0 atom stereocenters. The lowest BCUT2D eigenvalue weighted by atomic mass is 10.0. The molecule has 0 unspecified atom stereocenters. The summed E-state index contributed by atoms with van der Waals surface area (Å²) in [4.78, 5) is 34.6. The molecule has 0 amide bonds. The fourth-order valence-electron chi connectivity index (χ4n) is 3.10. The fraction of sp³-hybridized carbons (Fsp3) is 0.389. The molecule has 0 fully saturated rings. The Hall–Kier alpha value is -2.63. The number of carboxylic acid groups (broad SMARTS) is 2. The first kappa shape index (κ1) is 17.7. The Morgan fingerprint density at radius 2 is 1.83 bits per heavy atom. The molecule has 1 aromatic heterocycles. The van der Waals surface area contributed by atoms with E-state index in [-0.39, 0.29) is 30.7 Å². The summed E-state index contributed by atoms with van der Waals surface area (Å²) in [5.41, 5.74) is 2.31. The first-order valence-corrected chi connectivity index (χ1v) is 7.82. The van der Waals surface area contributed by atoms with Crippen molar-refractivity contribution in [3.8, 4) is 0 Å². The number of hydrogen-bond donors (Lipinski definition) is 2. The van der Waals surface area contributed by atoms with Crippen LogP contribution in [-0.4, -0.2) is 26.7 Å². The normalized spacial score (nSPS) is 11.2. The fourth-order valence-corrected chi connectivity index (χ4v) is 3.10. The monoisotopic (exact) mass is 331 g/mol. The van der Waals surface area contributed by atoms with Gasteiger partial charge in [-0.2, -0.15) is 0 Å². The second-order valence-corrected chi connectivity index (χ2v) is 6.17. The van der Waals surface area contributed by atoms with Crippen molar-refractivity contribution in [2.75, 3.05) is 0 Å². The van der Waals surface area contributed by atoms with Crippen LogP contribution in [0, 0.1) is 6.92 Å². The molecule has 2 N–H and O–H groups in total. The highest BCUT2D eigenvalue weighted by atomic mass is 16.4. The first-order valence-electron chi connectivity index (χ1n) is 7.82. The van der Waals surface area contributed by atoms with Gasteiger partial charge in [-0.25, -0.2) is 0 Å². The second-order valence-electron chi connectivity index (χ2n) is 6.17. The largest absolute Gasteiger partial charge is 0.481 e. The third-order valence-electron chi connectivity index (χ3n) is 4.10. The second kappa shape index (κ2) is 6.86. The minimum atomic E-state index is -0.961. The summed E-state index contributed by atoms with van der Waals surface area (Å²) < 4.78 is 2.00. The average molecular weight is 331 g/mol. The predicted molar refractivity (Wildman–Crippen MR) is 90.6 cm³/mol.